The second-order valence-electron chi connectivity index (χ2n) is 8.52. The smallest absolute Gasteiger partial charge is 0.407 e. The van der Waals surface area contributed by atoms with Crippen molar-refractivity contribution >= 4 is 63.6 Å². The van der Waals surface area contributed by atoms with Crippen LogP contribution in [0.5, 0.6) is 5.75 Å². The monoisotopic (exact) mass is 546 g/mol. The molecule has 37 heavy (non-hydrogen) atoms. The minimum absolute atomic E-state index is 0.00405. The third-order valence-electron chi connectivity index (χ3n) is 5.77. The Hall–Kier alpha value is -3.90. The van der Waals surface area contributed by atoms with Crippen LogP contribution in [0.1, 0.15) is 29.4 Å². The first-order chi connectivity index (χ1) is 17.6. The van der Waals surface area contributed by atoms with Gasteiger partial charge in [0.2, 0.25) is 5.91 Å². The van der Waals surface area contributed by atoms with E-state index in [1.807, 2.05) is 0 Å². The summed E-state index contributed by atoms with van der Waals surface area (Å²) in [6, 6.07) is 2.55. The van der Waals surface area contributed by atoms with Crippen LogP contribution in [0, 0.1) is 0 Å². The molecule has 0 radical (unpaired) electrons. The molecular weight excluding hydrogens is 523 g/mol. The molecule has 3 aromatic rings. The van der Waals surface area contributed by atoms with Gasteiger partial charge in [-0.05, 0) is 31.1 Å². The van der Waals surface area contributed by atoms with Gasteiger partial charge < -0.3 is 25.6 Å². The topological polar surface area (TPSA) is 149 Å². The van der Waals surface area contributed by atoms with Crippen LogP contribution in [0.3, 0.4) is 0 Å². The number of benzene rings is 1. The van der Waals surface area contributed by atoms with E-state index in [2.05, 4.69) is 27.0 Å². The molecule has 3 N–H and O–H groups in total. The first kappa shape index (κ1) is 26.2. The number of carbonyl (C=O) groups excluding carboxylic acids is 3. The van der Waals surface area contributed by atoms with Crippen LogP contribution < -0.4 is 15.8 Å². The number of rotatable bonds is 5. The Morgan fingerprint density at radius 2 is 1.95 bits per heavy atom. The van der Waals surface area contributed by atoms with E-state index in [1.165, 1.54) is 43.5 Å². The maximum atomic E-state index is 13.3. The summed E-state index contributed by atoms with van der Waals surface area (Å²) < 4.78 is 6.79. The molecule has 1 saturated heterocycles. The molecule has 1 unspecified atom stereocenters. The number of hydrogen-bond acceptors (Lipinski definition) is 8. The molecule has 1 fully saturated rings. The number of fused-ring (bicyclic) bond motifs is 1. The van der Waals surface area contributed by atoms with Crippen molar-refractivity contribution in [1.82, 2.24) is 29.5 Å². The minimum Gasteiger partial charge on any atom is -0.407 e. The molecule has 3 heterocycles. The number of nitrogen functional groups attached to an aromatic ring is 1. The number of likely N-dealkylation sites (tertiary alicyclic amines) is 1. The molecule has 1 atom stereocenters. The maximum Gasteiger partial charge on any atom is 0.414 e. The highest BCUT2D eigenvalue weighted by atomic mass is 35.5. The van der Waals surface area contributed by atoms with Crippen molar-refractivity contribution in [2.45, 2.75) is 18.9 Å². The summed E-state index contributed by atoms with van der Waals surface area (Å²) in [4.78, 5) is 48.6. The number of nitrogens with two attached hydrogens (primary N) is 1. The van der Waals surface area contributed by atoms with E-state index in [0.717, 1.165) is 12.8 Å². The fourth-order valence-corrected chi connectivity index (χ4v) is 4.56. The Morgan fingerprint density at radius 3 is 2.59 bits per heavy atom. The van der Waals surface area contributed by atoms with Gasteiger partial charge in [0.05, 0.1) is 21.5 Å². The van der Waals surface area contributed by atoms with Crippen LogP contribution in [0.2, 0.25) is 10.0 Å². The van der Waals surface area contributed by atoms with Crippen LogP contribution in [0.25, 0.3) is 11.0 Å². The second-order valence-corrected chi connectivity index (χ2v) is 9.34. The lowest BCUT2D eigenvalue weighted by Crippen LogP contribution is -2.40. The van der Waals surface area contributed by atoms with E-state index in [0.29, 0.717) is 18.7 Å². The standard InChI is InChI=1S/C23H24Cl2N8O4/c1-4-16(34)32-7-5-6-13(10-32)33-21-17(20(26)27-11-28-21)18(30-33)22(35)29-12-8-14(24)19(15(25)9-12)37-23(36)31(2)3/h4,8-9,11,13H,1,5-7,10H2,2-3H3,(H,29,35)(H2,26,27,28). The number of ether oxygens (including phenoxy) is 1. The molecule has 0 saturated carbocycles. The predicted molar refractivity (Wildman–Crippen MR) is 139 cm³/mol. The van der Waals surface area contributed by atoms with Gasteiger partial charge in [0, 0.05) is 32.9 Å². The van der Waals surface area contributed by atoms with Crippen molar-refractivity contribution in [3.63, 3.8) is 0 Å². The summed E-state index contributed by atoms with van der Waals surface area (Å²) in [7, 11) is 3.03. The van der Waals surface area contributed by atoms with Crippen molar-refractivity contribution in [3.05, 3.63) is 46.9 Å². The van der Waals surface area contributed by atoms with E-state index in [4.69, 9.17) is 33.7 Å². The number of piperidine rings is 1. The van der Waals surface area contributed by atoms with Gasteiger partial charge in [-0.25, -0.2) is 19.4 Å². The molecule has 1 aliphatic rings. The van der Waals surface area contributed by atoms with Crippen LogP contribution >= 0.6 is 23.2 Å². The van der Waals surface area contributed by atoms with Gasteiger partial charge >= 0.3 is 6.09 Å². The maximum absolute atomic E-state index is 13.3. The van der Waals surface area contributed by atoms with Crippen LogP contribution in [-0.2, 0) is 4.79 Å². The van der Waals surface area contributed by atoms with Crippen molar-refractivity contribution in [1.29, 1.82) is 0 Å². The summed E-state index contributed by atoms with van der Waals surface area (Å²) in [5.74, 6) is -0.742. The van der Waals surface area contributed by atoms with Crippen LogP contribution in [0.15, 0.2) is 31.1 Å². The highest BCUT2D eigenvalue weighted by Crippen LogP contribution is 2.37. The molecule has 0 spiro atoms. The Kier molecular flexibility index (Phi) is 7.50. The van der Waals surface area contributed by atoms with Crippen LogP contribution in [0.4, 0.5) is 16.3 Å². The summed E-state index contributed by atoms with van der Waals surface area (Å²) in [5.41, 5.74) is 6.72. The zero-order valence-corrected chi connectivity index (χ0v) is 21.6. The van der Waals surface area contributed by atoms with Gasteiger partial charge in [0.25, 0.3) is 5.91 Å². The van der Waals surface area contributed by atoms with Gasteiger partial charge in [0.15, 0.2) is 17.1 Å². The first-order valence-corrected chi connectivity index (χ1v) is 12.0. The number of halogens is 2. The fraction of sp³-hybridized carbons (Fsp3) is 0.304. The molecule has 0 bridgehead atoms. The first-order valence-electron chi connectivity index (χ1n) is 11.2. The Balaban J connectivity index is 1.65. The molecule has 3 amide bonds. The fourth-order valence-electron chi connectivity index (χ4n) is 3.99. The molecule has 194 valence electrons. The van der Waals surface area contributed by atoms with E-state index in [1.54, 1.807) is 9.58 Å². The van der Waals surface area contributed by atoms with Gasteiger partial charge in [-0.1, -0.05) is 29.8 Å². The van der Waals surface area contributed by atoms with E-state index in [9.17, 15) is 14.4 Å². The number of carbonyl (C=O) groups is 3. The van der Waals surface area contributed by atoms with E-state index in [-0.39, 0.29) is 50.3 Å². The lowest BCUT2D eigenvalue weighted by Gasteiger charge is -2.32. The number of nitrogens with one attached hydrogen (secondary N) is 1. The summed E-state index contributed by atoms with van der Waals surface area (Å²) in [6.07, 6.45) is 3.37. The molecule has 14 heteroatoms. The van der Waals surface area contributed by atoms with Crippen molar-refractivity contribution in [3.8, 4) is 5.75 Å². The van der Waals surface area contributed by atoms with E-state index < -0.39 is 12.0 Å². The molecule has 12 nitrogen and oxygen atoms in total. The average molecular weight is 547 g/mol. The van der Waals surface area contributed by atoms with Crippen LogP contribution in [-0.4, -0.2) is 74.6 Å². The summed E-state index contributed by atoms with van der Waals surface area (Å²) in [6.45, 7) is 4.54. The normalized spacial score (nSPS) is 15.4. The Morgan fingerprint density at radius 1 is 1.24 bits per heavy atom. The summed E-state index contributed by atoms with van der Waals surface area (Å²) in [5, 5.41) is 7.54. The van der Waals surface area contributed by atoms with Gasteiger partial charge in [-0.15, -0.1) is 0 Å². The molecule has 1 aromatic carbocycles. The lowest BCUT2D eigenvalue weighted by atomic mass is 10.1. The average Bonchev–Trinajstić information content (AvgIpc) is 3.27. The molecule has 0 aliphatic carbocycles. The minimum atomic E-state index is -0.663. The molecule has 2 aromatic heterocycles. The number of amides is 3. The second kappa shape index (κ2) is 10.6. The van der Waals surface area contributed by atoms with Crippen molar-refractivity contribution in [2.75, 3.05) is 38.2 Å². The van der Waals surface area contributed by atoms with Gasteiger partial charge in [-0.3, -0.25) is 9.59 Å². The quantitative estimate of drug-likeness (QED) is 0.462. The number of anilines is 2. The van der Waals surface area contributed by atoms with E-state index >= 15 is 0 Å². The summed E-state index contributed by atoms with van der Waals surface area (Å²) >= 11 is 12.5. The third kappa shape index (κ3) is 5.30. The number of hydrogen-bond donors (Lipinski definition) is 2. The van der Waals surface area contributed by atoms with Crippen molar-refractivity contribution in [2.24, 2.45) is 0 Å². The third-order valence-corrected chi connectivity index (χ3v) is 6.33. The van der Waals surface area contributed by atoms with Gasteiger partial charge in [0.1, 0.15) is 12.1 Å². The Bertz CT molecular complexity index is 1380. The molecule has 1 aliphatic heterocycles. The molecule has 4 rings (SSSR count). The zero-order chi connectivity index (χ0) is 26.9. The lowest BCUT2D eigenvalue weighted by molar-refractivity contribution is -0.127. The Labute approximate surface area is 222 Å². The predicted octanol–water partition coefficient (Wildman–Crippen LogP) is 3.38. The number of aromatic nitrogens is 4. The zero-order valence-electron chi connectivity index (χ0n) is 20.1. The SMILES string of the molecule is C=CC(=O)N1CCCC(n2nc(C(=O)Nc3cc(Cl)c(OC(=O)N(C)C)c(Cl)c3)c3c(N)ncnc32)C1. The van der Waals surface area contributed by atoms with Crippen molar-refractivity contribution < 1.29 is 19.1 Å². The highest BCUT2D eigenvalue weighted by Gasteiger charge is 2.29. The highest BCUT2D eigenvalue weighted by molar-refractivity contribution is 6.38. The number of nitrogens with zero attached hydrogens (tertiary/aromatic N) is 6. The van der Waals surface area contributed by atoms with Gasteiger partial charge in [-0.2, -0.15) is 5.10 Å². The largest absolute Gasteiger partial charge is 0.414 e. The molecular formula is C23H24Cl2N8O4.